The van der Waals surface area contributed by atoms with Gasteiger partial charge in [0, 0.05) is 12.0 Å². The van der Waals surface area contributed by atoms with Crippen LogP contribution in [0.3, 0.4) is 0 Å². The topological polar surface area (TPSA) is 63.3 Å². The minimum Gasteiger partial charge on any atom is -0.481 e. The first-order valence-corrected chi connectivity index (χ1v) is 5.47. The lowest BCUT2D eigenvalue weighted by Gasteiger charge is -2.21. The fourth-order valence-corrected chi connectivity index (χ4v) is 2.34. The fourth-order valence-electron chi connectivity index (χ4n) is 2.34. The maximum Gasteiger partial charge on any atom is 0.304 e. The molecule has 1 saturated carbocycles. The van der Waals surface area contributed by atoms with Crippen LogP contribution >= 0.6 is 0 Å². The standard InChI is InChI=1S/C12H17NO2/c13-8-9-1-3-10(4-2-9)12(5-6-12)7-11(14)15/h1,3H,2,4-8,13H2,(H,14,15). The van der Waals surface area contributed by atoms with Crippen molar-refractivity contribution < 1.29 is 9.90 Å². The summed E-state index contributed by atoms with van der Waals surface area (Å²) in [5.74, 6) is -0.679. The summed E-state index contributed by atoms with van der Waals surface area (Å²) in [4.78, 5) is 10.8. The highest BCUT2D eigenvalue weighted by Gasteiger charge is 2.47. The Hall–Kier alpha value is -1.09. The second kappa shape index (κ2) is 3.81. The van der Waals surface area contributed by atoms with Crippen LogP contribution in [0.4, 0.5) is 0 Å². The smallest absolute Gasteiger partial charge is 0.304 e. The van der Waals surface area contributed by atoms with Crippen molar-refractivity contribution in [1.82, 2.24) is 0 Å². The molecule has 0 radical (unpaired) electrons. The van der Waals surface area contributed by atoms with Crippen molar-refractivity contribution in [3.63, 3.8) is 0 Å². The number of carboxylic acid groups (broad SMARTS) is 1. The Morgan fingerprint density at radius 3 is 2.53 bits per heavy atom. The average Bonchev–Trinajstić information content (AvgIpc) is 2.98. The van der Waals surface area contributed by atoms with Crippen LogP contribution in [-0.4, -0.2) is 17.6 Å². The van der Waals surface area contributed by atoms with E-state index < -0.39 is 5.97 Å². The van der Waals surface area contributed by atoms with Crippen LogP contribution in [0.5, 0.6) is 0 Å². The van der Waals surface area contributed by atoms with Crippen LogP contribution in [0.2, 0.25) is 0 Å². The first kappa shape index (κ1) is 10.4. The summed E-state index contributed by atoms with van der Waals surface area (Å²) in [6, 6.07) is 0. The molecule has 0 bridgehead atoms. The first-order valence-electron chi connectivity index (χ1n) is 5.47. The Balaban J connectivity index is 2.09. The van der Waals surface area contributed by atoms with E-state index in [1.54, 1.807) is 0 Å². The van der Waals surface area contributed by atoms with E-state index in [0.717, 1.165) is 25.7 Å². The Kier molecular flexibility index (Phi) is 2.65. The lowest BCUT2D eigenvalue weighted by atomic mass is 9.84. The molecule has 0 spiro atoms. The molecule has 0 amide bonds. The highest BCUT2D eigenvalue weighted by atomic mass is 16.4. The highest BCUT2D eigenvalue weighted by molar-refractivity contribution is 5.69. The van der Waals surface area contributed by atoms with Gasteiger partial charge < -0.3 is 10.8 Å². The van der Waals surface area contributed by atoms with Gasteiger partial charge in [-0.3, -0.25) is 4.79 Å². The molecule has 0 unspecified atom stereocenters. The number of hydrogen-bond acceptors (Lipinski definition) is 2. The second-order valence-electron chi connectivity index (χ2n) is 4.57. The fraction of sp³-hybridized carbons (Fsp3) is 0.583. The molecular formula is C12H17NO2. The zero-order valence-electron chi connectivity index (χ0n) is 8.83. The van der Waals surface area contributed by atoms with E-state index in [1.165, 1.54) is 11.1 Å². The predicted molar refractivity (Wildman–Crippen MR) is 58.4 cm³/mol. The molecule has 82 valence electrons. The van der Waals surface area contributed by atoms with Crippen molar-refractivity contribution >= 4 is 5.97 Å². The lowest BCUT2D eigenvalue weighted by Crippen LogP contribution is -2.14. The molecule has 1 fully saturated rings. The van der Waals surface area contributed by atoms with Gasteiger partial charge in [-0.05, 0) is 25.7 Å². The van der Waals surface area contributed by atoms with E-state index in [9.17, 15) is 4.79 Å². The molecule has 0 heterocycles. The number of carbonyl (C=O) groups is 1. The van der Waals surface area contributed by atoms with Crippen LogP contribution < -0.4 is 5.73 Å². The van der Waals surface area contributed by atoms with Gasteiger partial charge in [0.25, 0.3) is 0 Å². The molecule has 0 aromatic carbocycles. The van der Waals surface area contributed by atoms with E-state index in [-0.39, 0.29) is 5.41 Å². The van der Waals surface area contributed by atoms with Gasteiger partial charge in [0.2, 0.25) is 0 Å². The third-order valence-electron chi connectivity index (χ3n) is 3.52. The summed E-state index contributed by atoms with van der Waals surface area (Å²) in [6.45, 7) is 0.621. The third-order valence-corrected chi connectivity index (χ3v) is 3.52. The van der Waals surface area contributed by atoms with Crippen LogP contribution in [0, 0.1) is 5.41 Å². The van der Waals surface area contributed by atoms with Crippen molar-refractivity contribution in [1.29, 1.82) is 0 Å². The lowest BCUT2D eigenvalue weighted by molar-refractivity contribution is -0.138. The van der Waals surface area contributed by atoms with Gasteiger partial charge in [-0.2, -0.15) is 0 Å². The quantitative estimate of drug-likeness (QED) is 0.739. The molecule has 0 saturated heterocycles. The Morgan fingerprint density at radius 2 is 2.13 bits per heavy atom. The number of carboxylic acids is 1. The zero-order chi connectivity index (χ0) is 10.9. The molecule has 2 rings (SSSR count). The predicted octanol–water partition coefficient (Wildman–Crippen LogP) is 1.85. The molecule has 3 N–H and O–H groups in total. The number of rotatable bonds is 4. The van der Waals surface area contributed by atoms with Crippen molar-refractivity contribution in [2.24, 2.45) is 11.1 Å². The van der Waals surface area contributed by atoms with Gasteiger partial charge in [0.15, 0.2) is 0 Å². The van der Waals surface area contributed by atoms with E-state index >= 15 is 0 Å². The van der Waals surface area contributed by atoms with Crippen LogP contribution in [0.1, 0.15) is 32.1 Å². The first-order chi connectivity index (χ1) is 7.16. The number of nitrogens with two attached hydrogens (primary N) is 1. The molecule has 3 nitrogen and oxygen atoms in total. The van der Waals surface area contributed by atoms with E-state index in [0.29, 0.717) is 13.0 Å². The van der Waals surface area contributed by atoms with E-state index in [1.807, 2.05) is 0 Å². The van der Waals surface area contributed by atoms with E-state index in [2.05, 4.69) is 12.2 Å². The summed E-state index contributed by atoms with van der Waals surface area (Å²) < 4.78 is 0. The van der Waals surface area contributed by atoms with Crippen molar-refractivity contribution in [3.8, 4) is 0 Å². The summed E-state index contributed by atoms with van der Waals surface area (Å²) >= 11 is 0. The van der Waals surface area contributed by atoms with Crippen LogP contribution in [0.15, 0.2) is 23.3 Å². The van der Waals surface area contributed by atoms with Crippen LogP contribution in [-0.2, 0) is 4.79 Å². The Bertz CT molecular complexity index is 338. The minimum atomic E-state index is -0.679. The summed E-state index contributed by atoms with van der Waals surface area (Å²) in [5.41, 5.74) is 8.15. The Morgan fingerprint density at radius 1 is 1.40 bits per heavy atom. The second-order valence-corrected chi connectivity index (χ2v) is 4.57. The Labute approximate surface area is 89.7 Å². The summed E-state index contributed by atoms with van der Waals surface area (Å²) in [5, 5.41) is 8.86. The maximum atomic E-state index is 10.8. The van der Waals surface area contributed by atoms with Gasteiger partial charge in [-0.1, -0.05) is 23.3 Å². The third kappa shape index (κ3) is 2.12. The number of aliphatic carboxylic acids is 1. The highest BCUT2D eigenvalue weighted by Crippen LogP contribution is 2.56. The monoisotopic (exact) mass is 207 g/mol. The minimum absolute atomic E-state index is 0.00244. The normalized spacial score (nSPS) is 23.0. The molecule has 15 heavy (non-hydrogen) atoms. The van der Waals surface area contributed by atoms with Gasteiger partial charge >= 0.3 is 5.97 Å². The molecule has 3 heteroatoms. The molecule has 0 aromatic heterocycles. The largest absolute Gasteiger partial charge is 0.481 e. The summed E-state index contributed by atoms with van der Waals surface area (Å²) in [6.07, 6.45) is 8.54. The molecule has 2 aliphatic rings. The zero-order valence-corrected chi connectivity index (χ0v) is 8.83. The van der Waals surface area contributed by atoms with Crippen molar-refractivity contribution in [3.05, 3.63) is 23.3 Å². The van der Waals surface area contributed by atoms with Gasteiger partial charge in [-0.15, -0.1) is 0 Å². The molecule has 2 aliphatic carbocycles. The van der Waals surface area contributed by atoms with Crippen LogP contribution in [0.25, 0.3) is 0 Å². The maximum absolute atomic E-state index is 10.8. The number of hydrogen-bond donors (Lipinski definition) is 2. The molecule has 0 aromatic rings. The number of allylic oxidation sites excluding steroid dienone is 3. The van der Waals surface area contributed by atoms with Gasteiger partial charge in [0.05, 0.1) is 6.42 Å². The average molecular weight is 207 g/mol. The van der Waals surface area contributed by atoms with Gasteiger partial charge in [-0.25, -0.2) is 0 Å². The van der Waals surface area contributed by atoms with Gasteiger partial charge in [0.1, 0.15) is 0 Å². The van der Waals surface area contributed by atoms with Crippen molar-refractivity contribution in [2.45, 2.75) is 32.1 Å². The SMILES string of the molecule is NCC1=CC=C(C2(CC(=O)O)CC2)CC1. The molecule has 0 atom stereocenters. The van der Waals surface area contributed by atoms with Crippen molar-refractivity contribution in [2.75, 3.05) is 6.54 Å². The van der Waals surface area contributed by atoms with E-state index in [4.69, 9.17) is 10.8 Å². The molecule has 0 aliphatic heterocycles. The summed E-state index contributed by atoms with van der Waals surface area (Å²) in [7, 11) is 0. The molecular weight excluding hydrogens is 190 g/mol.